The number of halogens is 2. The van der Waals surface area contributed by atoms with Crippen molar-refractivity contribution in [2.45, 2.75) is 20.3 Å². The third-order valence-electron chi connectivity index (χ3n) is 3.78. The van der Waals surface area contributed by atoms with E-state index in [1.54, 1.807) is 0 Å². The Morgan fingerprint density at radius 1 is 0.800 bits per heavy atom. The highest BCUT2D eigenvalue weighted by molar-refractivity contribution is 6.29. The molecule has 0 heterocycles. The highest BCUT2D eigenvalue weighted by Crippen LogP contribution is 2.22. The molecule has 0 aromatic heterocycles. The van der Waals surface area contributed by atoms with Crippen LogP contribution in [0.2, 0.25) is 0 Å². The van der Waals surface area contributed by atoms with Crippen LogP contribution in [0.3, 0.4) is 0 Å². The lowest BCUT2D eigenvalue weighted by atomic mass is 10.00. The van der Waals surface area contributed by atoms with Gasteiger partial charge in [-0.3, -0.25) is 9.59 Å². The zero-order valence-corrected chi connectivity index (χ0v) is 15.7. The van der Waals surface area contributed by atoms with Crippen LogP contribution in [0.15, 0.2) is 36.4 Å². The molecular weight excluding hydrogens is 359 g/mol. The van der Waals surface area contributed by atoms with E-state index in [2.05, 4.69) is 10.6 Å². The molecule has 132 valence electrons. The van der Waals surface area contributed by atoms with Crippen molar-refractivity contribution in [2.75, 3.05) is 22.4 Å². The Bertz CT molecular complexity index is 725. The van der Waals surface area contributed by atoms with Gasteiger partial charge in [0.25, 0.3) is 0 Å². The molecule has 2 rings (SSSR count). The van der Waals surface area contributed by atoms with E-state index < -0.39 is 0 Å². The Balaban J connectivity index is 2.11. The van der Waals surface area contributed by atoms with Crippen molar-refractivity contribution >= 4 is 46.4 Å². The molecule has 0 saturated carbocycles. The van der Waals surface area contributed by atoms with Gasteiger partial charge in [-0.25, -0.2) is 0 Å². The van der Waals surface area contributed by atoms with Crippen LogP contribution in [0.4, 0.5) is 11.4 Å². The molecule has 2 aromatic carbocycles. The van der Waals surface area contributed by atoms with Crippen LogP contribution in [-0.4, -0.2) is 23.6 Å². The molecule has 0 fully saturated rings. The largest absolute Gasteiger partial charge is 0.325 e. The highest BCUT2D eigenvalue weighted by Gasteiger charge is 2.07. The van der Waals surface area contributed by atoms with Gasteiger partial charge in [-0.1, -0.05) is 24.3 Å². The van der Waals surface area contributed by atoms with Crippen LogP contribution in [0.1, 0.15) is 22.3 Å². The molecule has 6 heteroatoms. The molecule has 25 heavy (non-hydrogen) atoms. The molecule has 2 N–H and O–H groups in total. The molecule has 0 unspecified atom stereocenters. The van der Waals surface area contributed by atoms with E-state index in [0.717, 1.165) is 40.0 Å². The number of carbonyl (C=O) groups excluding carboxylic acids is 2. The van der Waals surface area contributed by atoms with Gasteiger partial charge in [0.2, 0.25) is 11.8 Å². The van der Waals surface area contributed by atoms with Crippen molar-refractivity contribution < 1.29 is 9.59 Å². The number of hydrogen-bond acceptors (Lipinski definition) is 2. The summed E-state index contributed by atoms with van der Waals surface area (Å²) >= 11 is 11.0. The maximum absolute atomic E-state index is 11.4. The summed E-state index contributed by atoms with van der Waals surface area (Å²) in [5, 5.41) is 5.54. The molecule has 0 spiro atoms. The Hall–Kier alpha value is -2.04. The SMILES string of the molecule is Cc1cc(Cc2ccc(NC(=O)CCl)c(C)c2)ccc1NC(=O)CCl. The number of alkyl halides is 2. The summed E-state index contributed by atoms with van der Waals surface area (Å²) in [7, 11) is 0. The van der Waals surface area contributed by atoms with E-state index in [9.17, 15) is 9.59 Å². The smallest absolute Gasteiger partial charge is 0.239 e. The van der Waals surface area contributed by atoms with Crippen LogP contribution >= 0.6 is 23.2 Å². The van der Waals surface area contributed by atoms with Crippen molar-refractivity contribution in [2.24, 2.45) is 0 Å². The van der Waals surface area contributed by atoms with Gasteiger partial charge < -0.3 is 10.6 Å². The zero-order valence-electron chi connectivity index (χ0n) is 14.2. The lowest BCUT2D eigenvalue weighted by Gasteiger charge is -2.12. The Morgan fingerprint density at radius 2 is 1.20 bits per heavy atom. The van der Waals surface area contributed by atoms with E-state index in [0.29, 0.717) is 0 Å². The van der Waals surface area contributed by atoms with E-state index in [-0.39, 0.29) is 23.6 Å². The number of amides is 2. The fraction of sp³-hybridized carbons (Fsp3) is 0.263. The Labute approximate surface area is 157 Å². The molecule has 2 aromatic rings. The fourth-order valence-corrected chi connectivity index (χ4v) is 2.69. The van der Waals surface area contributed by atoms with Crippen LogP contribution in [-0.2, 0) is 16.0 Å². The molecule has 0 aliphatic carbocycles. The molecule has 0 atom stereocenters. The standard InChI is InChI=1S/C19H20Cl2N2O2/c1-12-7-14(3-5-16(12)22-18(24)10-20)9-15-4-6-17(13(2)8-15)23-19(25)11-21/h3-8H,9-11H2,1-2H3,(H,22,24)(H,23,25). The van der Waals surface area contributed by atoms with Crippen molar-refractivity contribution in [3.63, 3.8) is 0 Å². The topological polar surface area (TPSA) is 58.2 Å². The lowest BCUT2D eigenvalue weighted by Crippen LogP contribution is -2.13. The molecular formula is C19H20Cl2N2O2. The molecule has 0 bridgehead atoms. The van der Waals surface area contributed by atoms with Gasteiger partial charge in [0, 0.05) is 11.4 Å². The molecule has 0 aliphatic rings. The molecule has 0 aliphatic heterocycles. The van der Waals surface area contributed by atoms with Crippen LogP contribution in [0.25, 0.3) is 0 Å². The van der Waals surface area contributed by atoms with Crippen LogP contribution < -0.4 is 10.6 Å². The highest BCUT2D eigenvalue weighted by atomic mass is 35.5. The summed E-state index contributed by atoms with van der Waals surface area (Å²) < 4.78 is 0. The van der Waals surface area contributed by atoms with E-state index >= 15 is 0 Å². The quantitative estimate of drug-likeness (QED) is 0.738. The predicted octanol–water partition coefficient (Wildman–Crippen LogP) is 4.25. The minimum absolute atomic E-state index is 0.0624. The third kappa shape index (κ3) is 5.48. The number of rotatable bonds is 6. The molecule has 0 saturated heterocycles. The average Bonchev–Trinajstić information content (AvgIpc) is 2.59. The summed E-state index contributed by atoms with van der Waals surface area (Å²) in [5.41, 5.74) is 5.78. The van der Waals surface area contributed by atoms with Gasteiger partial charge in [0.05, 0.1) is 0 Å². The van der Waals surface area contributed by atoms with Gasteiger partial charge in [-0.2, -0.15) is 0 Å². The first kappa shape index (κ1) is 19.3. The summed E-state index contributed by atoms with van der Waals surface area (Å²) in [6.45, 7) is 3.90. The predicted molar refractivity (Wildman–Crippen MR) is 104 cm³/mol. The first-order chi connectivity index (χ1) is 11.9. The fourth-order valence-electron chi connectivity index (χ4n) is 2.55. The second kappa shape index (κ2) is 8.88. The summed E-state index contributed by atoms with van der Waals surface area (Å²) in [4.78, 5) is 22.8. The van der Waals surface area contributed by atoms with E-state index in [1.165, 1.54) is 0 Å². The summed E-state index contributed by atoms with van der Waals surface area (Å²) in [6.07, 6.45) is 0.759. The maximum Gasteiger partial charge on any atom is 0.239 e. The minimum atomic E-state index is -0.220. The van der Waals surface area contributed by atoms with Crippen molar-refractivity contribution in [3.05, 3.63) is 58.7 Å². The normalized spacial score (nSPS) is 10.4. The molecule has 4 nitrogen and oxygen atoms in total. The van der Waals surface area contributed by atoms with Gasteiger partial charge in [0.15, 0.2) is 0 Å². The number of benzene rings is 2. The van der Waals surface area contributed by atoms with Gasteiger partial charge in [-0.15, -0.1) is 23.2 Å². The maximum atomic E-state index is 11.4. The second-order valence-electron chi connectivity index (χ2n) is 5.84. The lowest BCUT2D eigenvalue weighted by molar-refractivity contribution is -0.114. The Morgan fingerprint density at radius 3 is 1.52 bits per heavy atom. The van der Waals surface area contributed by atoms with Crippen molar-refractivity contribution in [3.8, 4) is 0 Å². The first-order valence-electron chi connectivity index (χ1n) is 7.83. The van der Waals surface area contributed by atoms with E-state index in [1.807, 2.05) is 50.2 Å². The second-order valence-corrected chi connectivity index (χ2v) is 6.37. The van der Waals surface area contributed by atoms with Gasteiger partial charge in [0.1, 0.15) is 11.8 Å². The van der Waals surface area contributed by atoms with Gasteiger partial charge in [-0.05, 0) is 54.7 Å². The summed E-state index contributed by atoms with van der Waals surface area (Å²) in [5.74, 6) is -0.564. The number of nitrogens with one attached hydrogen (secondary N) is 2. The molecule has 0 radical (unpaired) electrons. The number of anilines is 2. The molecule has 2 amide bonds. The zero-order chi connectivity index (χ0) is 18.4. The van der Waals surface area contributed by atoms with E-state index in [4.69, 9.17) is 23.2 Å². The minimum Gasteiger partial charge on any atom is -0.325 e. The van der Waals surface area contributed by atoms with Crippen LogP contribution in [0, 0.1) is 13.8 Å². The Kier molecular flexibility index (Phi) is 6.85. The van der Waals surface area contributed by atoms with Gasteiger partial charge >= 0.3 is 0 Å². The third-order valence-corrected chi connectivity index (χ3v) is 4.27. The number of carbonyl (C=O) groups is 2. The monoisotopic (exact) mass is 378 g/mol. The number of aryl methyl sites for hydroxylation is 2. The average molecular weight is 379 g/mol. The summed E-state index contributed by atoms with van der Waals surface area (Å²) in [6, 6.07) is 11.8. The van der Waals surface area contributed by atoms with Crippen molar-refractivity contribution in [1.82, 2.24) is 0 Å². The van der Waals surface area contributed by atoms with Crippen LogP contribution in [0.5, 0.6) is 0 Å². The first-order valence-corrected chi connectivity index (χ1v) is 8.90. The van der Waals surface area contributed by atoms with Crippen molar-refractivity contribution in [1.29, 1.82) is 0 Å². The number of hydrogen-bond donors (Lipinski definition) is 2.